The number of rotatable bonds is 5. The number of nitrogens with one attached hydrogen (secondary N) is 1. The Morgan fingerprint density at radius 3 is 2.82 bits per heavy atom. The Bertz CT molecular complexity index is 512. The van der Waals surface area contributed by atoms with Crippen molar-refractivity contribution in [3.63, 3.8) is 0 Å². The first kappa shape index (κ1) is 12.1. The van der Waals surface area contributed by atoms with Crippen molar-refractivity contribution in [1.29, 1.82) is 0 Å². The van der Waals surface area contributed by atoms with E-state index in [9.17, 15) is 8.42 Å². The van der Waals surface area contributed by atoms with Crippen LogP contribution in [0.1, 0.15) is 18.5 Å². The molecule has 7 heteroatoms. The first-order chi connectivity index (χ1) is 7.99. The Morgan fingerprint density at radius 2 is 2.29 bits per heavy atom. The van der Waals surface area contributed by atoms with Gasteiger partial charge in [0.15, 0.2) is 0 Å². The summed E-state index contributed by atoms with van der Waals surface area (Å²) in [5.74, 6) is 0.494. The summed E-state index contributed by atoms with van der Waals surface area (Å²) in [7, 11) is -3.37. The van der Waals surface area contributed by atoms with Gasteiger partial charge in [-0.2, -0.15) is 0 Å². The molecule has 1 aliphatic rings. The summed E-state index contributed by atoms with van der Waals surface area (Å²) in [4.78, 5) is 4.04. The van der Waals surface area contributed by atoms with Gasteiger partial charge in [0.05, 0.1) is 18.1 Å². The first-order valence-electron chi connectivity index (χ1n) is 5.32. The topological polar surface area (TPSA) is 94.3 Å². The fourth-order valence-corrected chi connectivity index (χ4v) is 1.99. The number of ether oxygens (including phenoxy) is 1. The molecule has 3 N–H and O–H groups in total. The van der Waals surface area contributed by atoms with E-state index in [1.807, 2.05) is 0 Å². The van der Waals surface area contributed by atoms with Gasteiger partial charge in [0.2, 0.25) is 10.0 Å². The summed E-state index contributed by atoms with van der Waals surface area (Å²) >= 11 is 0. The number of anilines is 1. The van der Waals surface area contributed by atoms with Crippen LogP contribution in [-0.2, 0) is 16.6 Å². The zero-order valence-electron chi connectivity index (χ0n) is 9.51. The third-order valence-corrected chi connectivity index (χ3v) is 2.86. The van der Waals surface area contributed by atoms with Crippen LogP contribution in [0.25, 0.3) is 0 Å². The largest absolute Gasteiger partial charge is 0.488 e. The van der Waals surface area contributed by atoms with Gasteiger partial charge in [-0.05, 0) is 12.8 Å². The van der Waals surface area contributed by atoms with Gasteiger partial charge in [-0.1, -0.05) is 0 Å². The van der Waals surface area contributed by atoms with Crippen LogP contribution in [0.5, 0.6) is 5.75 Å². The Kier molecular flexibility index (Phi) is 3.21. The second-order valence-electron chi connectivity index (χ2n) is 4.03. The number of pyridine rings is 1. The predicted octanol–water partition coefficient (Wildman–Crippen LogP) is 0.453. The van der Waals surface area contributed by atoms with Gasteiger partial charge in [0, 0.05) is 18.8 Å². The smallest absolute Gasteiger partial charge is 0.229 e. The lowest BCUT2D eigenvalue weighted by molar-refractivity contribution is 0.304. The lowest BCUT2D eigenvalue weighted by Gasteiger charge is -2.14. The van der Waals surface area contributed by atoms with Crippen LogP contribution in [0.3, 0.4) is 0 Å². The molecule has 2 rings (SSSR count). The zero-order chi connectivity index (χ0) is 12.5. The summed E-state index contributed by atoms with van der Waals surface area (Å²) in [6.07, 6.45) is 4.83. The van der Waals surface area contributed by atoms with E-state index in [1.165, 1.54) is 0 Å². The molecule has 1 fully saturated rings. The molecule has 0 atom stereocenters. The fraction of sp³-hybridized carbons (Fsp3) is 0.500. The Balaban J connectivity index is 2.35. The van der Waals surface area contributed by atoms with Crippen LogP contribution < -0.4 is 15.2 Å². The van der Waals surface area contributed by atoms with Crippen LogP contribution in [0.4, 0.5) is 5.69 Å². The van der Waals surface area contributed by atoms with Crippen LogP contribution in [0.15, 0.2) is 12.3 Å². The highest BCUT2D eigenvalue weighted by Gasteiger charge is 2.25. The van der Waals surface area contributed by atoms with Crippen molar-refractivity contribution < 1.29 is 13.2 Å². The number of hydrogen-bond acceptors (Lipinski definition) is 5. The summed E-state index contributed by atoms with van der Waals surface area (Å²) in [6, 6.07) is 1.64. The van der Waals surface area contributed by atoms with Crippen molar-refractivity contribution >= 4 is 15.7 Å². The van der Waals surface area contributed by atoms with Crippen LogP contribution in [0.2, 0.25) is 0 Å². The molecule has 1 aliphatic carbocycles. The fourth-order valence-electron chi connectivity index (χ4n) is 1.40. The number of sulfonamides is 1. The minimum Gasteiger partial charge on any atom is -0.488 e. The standard InChI is InChI=1S/C10H15N3O3S/c1-17(14,15)13-10-8(6-11)12-5-4-9(10)16-7-2-3-7/h4-5,7,13H,2-3,6,11H2,1H3. The molecule has 0 aliphatic heterocycles. The van der Waals surface area contributed by atoms with Gasteiger partial charge in [-0.15, -0.1) is 0 Å². The predicted molar refractivity (Wildman–Crippen MR) is 64.2 cm³/mol. The highest BCUT2D eigenvalue weighted by atomic mass is 32.2. The van der Waals surface area contributed by atoms with E-state index in [2.05, 4.69) is 9.71 Å². The van der Waals surface area contributed by atoms with Gasteiger partial charge in [-0.3, -0.25) is 9.71 Å². The highest BCUT2D eigenvalue weighted by molar-refractivity contribution is 7.92. The van der Waals surface area contributed by atoms with E-state index in [-0.39, 0.29) is 12.6 Å². The van der Waals surface area contributed by atoms with E-state index in [4.69, 9.17) is 10.5 Å². The van der Waals surface area contributed by atoms with E-state index in [0.717, 1.165) is 19.1 Å². The normalized spacial score (nSPS) is 15.6. The third-order valence-electron chi connectivity index (χ3n) is 2.29. The van der Waals surface area contributed by atoms with E-state index in [1.54, 1.807) is 12.3 Å². The molecule has 17 heavy (non-hydrogen) atoms. The molecule has 0 spiro atoms. The van der Waals surface area contributed by atoms with Gasteiger partial charge in [0.1, 0.15) is 11.4 Å². The Labute approximate surface area is 100 Å². The molecule has 1 heterocycles. The summed E-state index contributed by atoms with van der Waals surface area (Å²) < 4.78 is 30.6. The lowest BCUT2D eigenvalue weighted by atomic mass is 10.3. The van der Waals surface area contributed by atoms with Crippen molar-refractivity contribution in [2.45, 2.75) is 25.5 Å². The van der Waals surface area contributed by atoms with Gasteiger partial charge >= 0.3 is 0 Å². The maximum Gasteiger partial charge on any atom is 0.229 e. The molecule has 0 radical (unpaired) electrons. The molecule has 0 amide bonds. The van der Waals surface area contributed by atoms with E-state index >= 15 is 0 Å². The van der Waals surface area contributed by atoms with Crippen molar-refractivity contribution in [3.8, 4) is 5.75 Å². The quantitative estimate of drug-likeness (QED) is 0.798. The number of nitrogens with two attached hydrogens (primary N) is 1. The minimum atomic E-state index is -3.37. The summed E-state index contributed by atoms with van der Waals surface area (Å²) in [5.41, 5.74) is 6.36. The molecule has 0 unspecified atom stereocenters. The van der Waals surface area contributed by atoms with Crippen molar-refractivity contribution in [2.24, 2.45) is 5.73 Å². The summed E-state index contributed by atoms with van der Waals surface area (Å²) in [6.45, 7) is 0.153. The third kappa shape index (κ3) is 3.31. The molecule has 1 aromatic rings. The first-order valence-corrected chi connectivity index (χ1v) is 7.21. The van der Waals surface area contributed by atoms with Gasteiger partial charge < -0.3 is 10.5 Å². The number of hydrogen-bond donors (Lipinski definition) is 2. The van der Waals surface area contributed by atoms with Gasteiger partial charge in [-0.25, -0.2) is 8.42 Å². The van der Waals surface area contributed by atoms with Crippen LogP contribution in [-0.4, -0.2) is 25.8 Å². The molecular weight excluding hydrogens is 242 g/mol. The average Bonchev–Trinajstić information content (AvgIpc) is 3.02. The Hall–Kier alpha value is -1.34. The second-order valence-corrected chi connectivity index (χ2v) is 5.77. The van der Waals surface area contributed by atoms with Crippen molar-refractivity contribution in [2.75, 3.05) is 11.0 Å². The van der Waals surface area contributed by atoms with E-state index < -0.39 is 10.0 Å². The second kappa shape index (κ2) is 4.50. The molecule has 1 aromatic heterocycles. The molecule has 0 bridgehead atoms. The monoisotopic (exact) mass is 257 g/mol. The molecule has 6 nitrogen and oxygen atoms in total. The average molecular weight is 257 g/mol. The van der Waals surface area contributed by atoms with E-state index in [0.29, 0.717) is 17.1 Å². The maximum absolute atomic E-state index is 11.3. The SMILES string of the molecule is CS(=O)(=O)Nc1c(OC2CC2)ccnc1CN. The van der Waals surface area contributed by atoms with Crippen LogP contribution in [0, 0.1) is 0 Å². The van der Waals surface area contributed by atoms with Crippen molar-refractivity contribution in [1.82, 2.24) is 4.98 Å². The molecular formula is C10H15N3O3S. The Morgan fingerprint density at radius 1 is 1.59 bits per heavy atom. The lowest BCUT2D eigenvalue weighted by Crippen LogP contribution is -2.15. The molecule has 0 saturated heterocycles. The molecule has 1 saturated carbocycles. The summed E-state index contributed by atoms with van der Waals surface area (Å²) in [5, 5.41) is 0. The maximum atomic E-state index is 11.3. The molecule has 0 aromatic carbocycles. The zero-order valence-corrected chi connectivity index (χ0v) is 10.3. The number of aromatic nitrogens is 1. The minimum absolute atomic E-state index is 0.153. The van der Waals surface area contributed by atoms with Crippen LogP contribution >= 0.6 is 0 Å². The number of nitrogens with zero attached hydrogens (tertiary/aromatic N) is 1. The molecule has 94 valence electrons. The van der Waals surface area contributed by atoms with Gasteiger partial charge in [0.25, 0.3) is 0 Å². The van der Waals surface area contributed by atoms with Crippen molar-refractivity contribution in [3.05, 3.63) is 18.0 Å². The highest BCUT2D eigenvalue weighted by Crippen LogP contribution is 2.33.